The zero-order valence-electron chi connectivity index (χ0n) is 9.56. The van der Waals surface area contributed by atoms with Crippen LogP contribution in [0.2, 0.25) is 0 Å². The summed E-state index contributed by atoms with van der Waals surface area (Å²) in [5.74, 6) is -0.601. The molecule has 0 saturated carbocycles. The second-order valence-corrected chi connectivity index (χ2v) is 4.28. The summed E-state index contributed by atoms with van der Waals surface area (Å²) in [4.78, 5) is 0. The molecule has 0 spiro atoms. The average Bonchev–Trinajstić information content (AvgIpc) is 2.51. The molecule has 15 heavy (non-hydrogen) atoms. The largest absolute Gasteiger partial charge is 0.376 e. The molecule has 0 bridgehead atoms. The van der Waals surface area contributed by atoms with Crippen molar-refractivity contribution in [2.45, 2.75) is 44.2 Å². The van der Waals surface area contributed by atoms with Crippen LogP contribution < -0.4 is 0 Å². The third-order valence-electron chi connectivity index (χ3n) is 2.76. The van der Waals surface area contributed by atoms with Crippen molar-refractivity contribution in [3.63, 3.8) is 0 Å². The molecule has 4 atom stereocenters. The van der Waals surface area contributed by atoms with Crippen LogP contribution in [0.1, 0.15) is 13.8 Å². The highest BCUT2D eigenvalue weighted by Gasteiger charge is 2.52. The van der Waals surface area contributed by atoms with Crippen LogP contribution in [0.15, 0.2) is 0 Å². The molecule has 0 aromatic carbocycles. The number of hydrogen-bond acceptors (Lipinski definition) is 5. The van der Waals surface area contributed by atoms with E-state index in [2.05, 4.69) is 0 Å². The molecule has 2 aliphatic heterocycles. The number of methoxy groups -OCH3 is 2. The maximum atomic E-state index is 5.78. The number of hydrogen-bond donors (Lipinski definition) is 0. The van der Waals surface area contributed by atoms with Crippen molar-refractivity contribution in [2.75, 3.05) is 20.8 Å². The Bertz CT molecular complexity index is 208. The molecule has 0 amide bonds. The molecule has 2 aliphatic rings. The van der Waals surface area contributed by atoms with Crippen molar-refractivity contribution in [1.82, 2.24) is 0 Å². The summed E-state index contributed by atoms with van der Waals surface area (Å²) in [6.07, 6.45) is -0.807. The minimum absolute atomic E-state index is 0.0943. The van der Waals surface area contributed by atoms with Gasteiger partial charge in [-0.05, 0) is 13.8 Å². The molecule has 88 valence electrons. The first-order chi connectivity index (χ1) is 7.07. The van der Waals surface area contributed by atoms with E-state index in [-0.39, 0.29) is 24.6 Å². The standard InChI is InChI=1S/C10H18O5/c1-10(2)14-7-6(11-3)5-13-9(12-4)8(7)15-10/h6-9H,5H2,1-4H3/t6-,7+,8+,9-/m1/s1. The Hall–Kier alpha value is -0.200. The van der Waals surface area contributed by atoms with Crippen LogP contribution in [0.3, 0.4) is 0 Å². The van der Waals surface area contributed by atoms with Gasteiger partial charge in [0.1, 0.15) is 18.3 Å². The zero-order valence-corrected chi connectivity index (χ0v) is 9.56. The van der Waals surface area contributed by atoms with Crippen molar-refractivity contribution < 1.29 is 23.7 Å². The molecule has 5 heteroatoms. The smallest absolute Gasteiger partial charge is 0.186 e. The van der Waals surface area contributed by atoms with Gasteiger partial charge in [0.05, 0.1) is 6.61 Å². The minimum atomic E-state index is -0.601. The molecule has 5 nitrogen and oxygen atoms in total. The molecule has 0 aliphatic carbocycles. The minimum Gasteiger partial charge on any atom is -0.376 e. The normalized spacial score (nSPS) is 44.0. The predicted octanol–water partition coefficient (Wildman–Crippen LogP) is 0.524. The van der Waals surface area contributed by atoms with Crippen molar-refractivity contribution in [1.29, 1.82) is 0 Å². The summed E-state index contributed by atoms with van der Waals surface area (Å²) in [7, 11) is 3.25. The van der Waals surface area contributed by atoms with E-state index >= 15 is 0 Å². The van der Waals surface area contributed by atoms with E-state index in [1.54, 1.807) is 14.2 Å². The maximum absolute atomic E-state index is 5.78. The molecule has 2 heterocycles. The van der Waals surface area contributed by atoms with Gasteiger partial charge in [-0.2, -0.15) is 0 Å². The summed E-state index contributed by atoms with van der Waals surface area (Å²) < 4.78 is 27.5. The highest BCUT2D eigenvalue weighted by Crippen LogP contribution is 2.36. The number of ether oxygens (including phenoxy) is 5. The topological polar surface area (TPSA) is 46.2 Å². The third kappa shape index (κ3) is 2.03. The van der Waals surface area contributed by atoms with E-state index in [1.165, 1.54) is 0 Å². The molecular weight excluding hydrogens is 200 g/mol. The molecule has 0 N–H and O–H groups in total. The fourth-order valence-corrected chi connectivity index (χ4v) is 2.10. The Balaban J connectivity index is 2.14. The molecule has 0 radical (unpaired) electrons. The van der Waals surface area contributed by atoms with E-state index in [9.17, 15) is 0 Å². The fourth-order valence-electron chi connectivity index (χ4n) is 2.10. The van der Waals surface area contributed by atoms with Gasteiger partial charge in [-0.15, -0.1) is 0 Å². The van der Waals surface area contributed by atoms with Gasteiger partial charge in [-0.3, -0.25) is 0 Å². The lowest BCUT2D eigenvalue weighted by atomic mass is 10.1. The summed E-state index contributed by atoms with van der Waals surface area (Å²) in [5, 5.41) is 0. The monoisotopic (exact) mass is 218 g/mol. The zero-order chi connectivity index (χ0) is 11.1. The van der Waals surface area contributed by atoms with Gasteiger partial charge < -0.3 is 23.7 Å². The first-order valence-electron chi connectivity index (χ1n) is 5.10. The van der Waals surface area contributed by atoms with E-state index < -0.39 is 5.79 Å². The van der Waals surface area contributed by atoms with E-state index in [1.807, 2.05) is 13.8 Å². The van der Waals surface area contributed by atoms with Gasteiger partial charge in [-0.1, -0.05) is 0 Å². The molecule has 2 fully saturated rings. The predicted molar refractivity (Wildman–Crippen MR) is 51.4 cm³/mol. The maximum Gasteiger partial charge on any atom is 0.186 e. The highest BCUT2D eigenvalue weighted by molar-refractivity contribution is 4.92. The molecular formula is C10H18O5. The first kappa shape index (κ1) is 11.3. The van der Waals surface area contributed by atoms with Crippen LogP contribution in [-0.2, 0) is 23.7 Å². The van der Waals surface area contributed by atoms with E-state index in [0.717, 1.165) is 0 Å². The lowest BCUT2D eigenvalue weighted by Crippen LogP contribution is -2.52. The molecule has 0 unspecified atom stereocenters. The first-order valence-corrected chi connectivity index (χ1v) is 5.10. The molecule has 2 rings (SSSR count). The Morgan fingerprint density at radius 3 is 2.33 bits per heavy atom. The Labute approximate surface area is 89.6 Å². The third-order valence-corrected chi connectivity index (χ3v) is 2.76. The van der Waals surface area contributed by atoms with Gasteiger partial charge in [-0.25, -0.2) is 0 Å². The average molecular weight is 218 g/mol. The van der Waals surface area contributed by atoms with Crippen molar-refractivity contribution in [3.05, 3.63) is 0 Å². The Kier molecular flexibility index (Phi) is 3.00. The van der Waals surface area contributed by atoms with E-state index in [4.69, 9.17) is 23.7 Å². The second-order valence-electron chi connectivity index (χ2n) is 4.28. The van der Waals surface area contributed by atoms with Gasteiger partial charge >= 0.3 is 0 Å². The molecule has 0 aromatic heterocycles. The van der Waals surface area contributed by atoms with Crippen LogP contribution in [0.4, 0.5) is 0 Å². The summed E-state index contributed by atoms with van der Waals surface area (Å²) >= 11 is 0. The van der Waals surface area contributed by atoms with Crippen LogP contribution >= 0.6 is 0 Å². The number of fused-ring (bicyclic) bond motifs is 1. The van der Waals surface area contributed by atoms with Gasteiger partial charge in [0.2, 0.25) is 0 Å². The highest BCUT2D eigenvalue weighted by atomic mass is 16.8. The van der Waals surface area contributed by atoms with Crippen molar-refractivity contribution >= 4 is 0 Å². The summed E-state index contributed by atoms with van der Waals surface area (Å²) in [5.41, 5.74) is 0. The SMILES string of the molecule is CO[C@@H]1OC[C@@H](OC)[C@@H]2OC(C)(C)O[C@H]12. The molecule has 0 aromatic rings. The van der Waals surface area contributed by atoms with Gasteiger partial charge in [0, 0.05) is 14.2 Å². The Morgan fingerprint density at radius 1 is 1.07 bits per heavy atom. The van der Waals surface area contributed by atoms with Crippen LogP contribution in [0.5, 0.6) is 0 Å². The van der Waals surface area contributed by atoms with E-state index in [0.29, 0.717) is 6.61 Å². The number of rotatable bonds is 2. The lowest BCUT2D eigenvalue weighted by Gasteiger charge is -2.35. The van der Waals surface area contributed by atoms with Gasteiger partial charge in [0.15, 0.2) is 12.1 Å². The molecule has 2 saturated heterocycles. The quantitative estimate of drug-likeness (QED) is 0.676. The lowest BCUT2D eigenvalue weighted by molar-refractivity contribution is -0.240. The van der Waals surface area contributed by atoms with Gasteiger partial charge in [0.25, 0.3) is 0 Å². The fraction of sp³-hybridized carbons (Fsp3) is 1.00. The summed E-state index contributed by atoms with van der Waals surface area (Å²) in [6.45, 7) is 4.23. The summed E-state index contributed by atoms with van der Waals surface area (Å²) in [6, 6.07) is 0. The van der Waals surface area contributed by atoms with Crippen LogP contribution in [0.25, 0.3) is 0 Å². The van der Waals surface area contributed by atoms with Crippen LogP contribution in [-0.4, -0.2) is 51.2 Å². The Morgan fingerprint density at radius 2 is 1.73 bits per heavy atom. The van der Waals surface area contributed by atoms with Crippen LogP contribution in [0, 0.1) is 0 Å². The van der Waals surface area contributed by atoms with Crippen molar-refractivity contribution in [3.8, 4) is 0 Å². The second kappa shape index (κ2) is 3.99. The van der Waals surface area contributed by atoms with Crippen molar-refractivity contribution in [2.24, 2.45) is 0 Å².